The molecule has 1 unspecified atom stereocenters. The Hall–Kier alpha value is -1.42. The minimum atomic E-state index is -0.691. The van der Waals surface area contributed by atoms with Crippen LogP contribution in [0.5, 0.6) is 0 Å². The highest BCUT2D eigenvalue weighted by Crippen LogP contribution is 2.35. The molecule has 1 aromatic heterocycles. The van der Waals surface area contributed by atoms with Gasteiger partial charge >= 0.3 is 5.97 Å². The van der Waals surface area contributed by atoms with E-state index in [0.29, 0.717) is 0 Å². The van der Waals surface area contributed by atoms with Crippen LogP contribution in [0.15, 0.2) is 24.5 Å². The van der Waals surface area contributed by atoms with E-state index in [1.165, 1.54) is 0 Å². The van der Waals surface area contributed by atoms with Crippen molar-refractivity contribution >= 4 is 5.97 Å². The summed E-state index contributed by atoms with van der Waals surface area (Å²) in [6.45, 7) is 5.62. The van der Waals surface area contributed by atoms with Gasteiger partial charge in [0.05, 0.1) is 5.92 Å². The van der Waals surface area contributed by atoms with E-state index in [0.717, 1.165) is 25.1 Å². The summed E-state index contributed by atoms with van der Waals surface area (Å²) in [5, 5.41) is 9.19. The number of likely N-dealkylation sites (tertiary alicyclic amines) is 1. The predicted octanol–water partition coefficient (Wildman–Crippen LogP) is 1.77. The first-order chi connectivity index (χ1) is 8.01. The van der Waals surface area contributed by atoms with Crippen molar-refractivity contribution in [2.75, 3.05) is 6.54 Å². The summed E-state index contributed by atoms with van der Waals surface area (Å²) < 4.78 is 0. The first-order valence-corrected chi connectivity index (χ1v) is 5.88. The lowest BCUT2D eigenvalue weighted by atomic mass is 9.88. The molecule has 1 saturated heterocycles. The molecule has 1 atom stereocenters. The van der Waals surface area contributed by atoms with Gasteiger partial charge in [0.1, 0.15) is 0 Å². The third-order valence-corrected chi connectivity index (χ3v) is 3.75. The fourth-order valence-corrected chi connectivity index (χ4v) is 2.57. The van der Waals surface area contributed by atoms with Gasteiger partial charge in [0, 0.05) is 24.5 Å². The van der Waals surface area contributed by atoms with Gasteiger partial charge in [-0.1, -0.05) is 6.07 Å². The number of aliphatic carboxylic acids is 1. The highest BCUT2D eigenvalue weighted by atomic mass is 16.4. The predicted molar refractivity (Wildman–Crippen MR) is 64.5 cm³/mol. The number of aromatic nitrogens is 1. The summed E-state index contributed by atoms with van der Waals surface area (Å²) in [5.41, 5.74) is 0.841. The zero-order valence-corrected chi connectivity index (χ0v) is 10.3. The number of nitrogens with zero attached hydrogens (tertiary/aromatic N) is 2. The van der Waals surface area contributed by atoms with Gasteiger partial charge in [-0.25, -0.2) is 0 Å². The topological polar surface area (TPSA) is 53.4 Å². The van der Waals surface area contributed by atoms with Gasteiger partial charge in [-0.15, -0.1) is 0 Å². The second-order valence-corrected chi connectivity index (χ2v) is 5.12. The molecule has 2 rings (SSSR count). The van der Waals surface area contributed by atoms with Crippen LogP contribution in [0.25, 0.3) is 0 Å². The molecule has 17 heavy (non-hydrogen) atoms. The molecule has 0 aliphatic carbocycles. The van der Waals surface area contributed by atoms with Crippen LogP contribution < -0.4 is 0 Å². The number of carboxylic acids is 1. The van der Waals surface area contributed by atoms with E-state index >= 15 is 0 Å². The van der Waals surface area contributed by atoms with Crippen LogP contribution in [0.3, 0.4) is 0 Å². The maximum atomic E-state index is 11.2. The number of hydrogen-bond donors (Lipinski definition) is 1. The van der Waals surface area contributed by atoms with Gasteiger partial charge in [-0.3, -0.25) is 14.7 Å². The van der Waals surface area contributed by atoms with Crippen molar-refractivity contribution in [1.82, 2.24) is 9.88 Å². The van der Waals surface area contributed by atoms with E-state index in [4.69, 9.17) is 0 Å². The van der Waals surface area contributed by atoms with Gasteiger partial charge in [0.2, 0.25) is 0 Å². The smallest absolute Gasteiger partial charge is 0.308 e. The average molecular weight is 234 g/mol. The second kappa shape index (κ2) is 4.45. The van der Waals surface area contributed by atoms with Crippen molar-refractivity contribution < 1.29 is 9.90 Å². The van der Waals surface area contributed by atoms with Crippen molar-refractivity contribution in [3.05, 3.63) is 30.1 Å². The average Bonchev–Trinajstić information content (AvgIpc) is 2.56. The summed E-state index contributed by atoms with van der Waals surface area (Å²) in [6.07, 6.45) is 4.31. The SMILES string of the molecule is CC1(C)C(C(=O)O)CCN1Cc1cccnc1. The lowest BCUT2D eigenvalue weighted by molar-refractivity contribution is -0.144. The van der Waals surface area contributed by atoms with Crippen LogP contribution in [-0.4, -0.2) is 33.0 Å². The standard InChI is InChI=1S/C13H18N2O2/c1-13(2)11(12(16)17)5-7-15(13)9-10-4-3-6-14-8-10/h3-4,6,8,11H,5,7,9H2,1-2H3,(H,16,17). The third-order valence-electron chi connectivity index (χ3n) is 3.75. The Morgan fingerprint density at radius 2 is 2.41 bits per heavy atom. The molecule has 0 radical (unpaired) electrons. The van der Waals surface area contributed by atoms with Crippen LogP contribution >= 0.6 is 0 Å². The molecule has 92 valence electrons. The van der Waals surface area contributed by atoms with Gasteiger partial charge in [0.15, 0.2) is 0 Å². The van der Waals surface area contributed by atoms with E-state index < -0.39 is 5.97 Å². The number of carbonyl (C=O) groups is 1. The van der Waals surface area contributed by atoms with Crippen LogP contribution in [0, 0.1) is 5.92 Å². The molecule has 0 amide bonds. The molecule has 1 aliphatic heterocycles. The fraction of sp³-hybridized carbons (Fsp3) is 0.538. The molecule has 1 aromatic rings. The van der Waals surface area contributed by atoms with Gasteiger partial charge in [-0.2, -0.15) is 0 Å². The summed E-state index contributed by atoms with van der Waals surface area (Å²) in [7, 11) is 0. The second-order valence-electron chi connectivity index (χ2n) is 5.12. The summed E-state index contributed by atoms with van der Waals surface area (Å²) >= 11 is 0. The van der Waals surface area contributed by atoms with Crippen LogP contribution in [-0.2, 0) is 11.3 Å². The molecule has 0 spiro atoms. The molecule has 0 saturated carbocycles. The lowest BCUT2D eigenvalue weighted by Crippen LogP contribution is -2.44. The summed E-state index contributed by atoms with van der Waals surface area (Å²) in [5.74, 6) is -0.970. The molecular weight excluding hydrogens is 216 g/mol. The largest absolute Gasteiger partial charge is 0.481 e. The highest BCUT2D eigenvalue weighted by Gasteiger charge is 2.44. The summed E-state index contributed by atoms with van der Waals surface area (Å²) in [6, 6.07) is 3.93. The van der Waals surface area contributed by atoms with E-state index in [1.807, 2.05) is 32.2 Å². The Kier molecular flexibility index (Phi) is 3.15. The van der Waals surface area contributed by atoms with Crippen LogP contribution in [0.2, 0.25) is 0 Å². The van der Waals surface area contributed by atoms with Gasteiger partial charge < -0.3 is 5.11 Å². The maximum absolute atomic E-state index is 11.2. The van der Waals surface area contributed by atoms with Crippen LogP contribution in [0.4, 0.5) is 0 Å². The Morgan fingerprint density at radius 1 is 1.65 bits per heavy atom. The Morgan fingerprint density at radius 3 is 2.94 bits per heavy atom. The van der Waals surface area contributed by atoms with Crippen molar-refractivity contribution in [3.63, 3.8) is 0 Å². The molecular formula is C13H18N2O2. The first-order valence-electron chi connectivity index (χ1n) is 5.88. The Bertz CT molecular complexity index is 403. The van der Waals surface area contributed by atoms with Crippen LogP contribution in [0.1, 0.15) is 25.8 Å². The van der Waals surface area contributed by atoms with Gasteiger partial charge in [-0.05, 0) is 38.4 Å². The lowest BCUT2D eigenvalue weighted by Gasteiger charge is -2.34. The number of rotatable bonds is 3. The maximum Gasteiger partial charge on any atom is 0.308 e. The first kappa shape index (κ1) is 12.0. The molecule has 4 nitrogen and oxygen atoms in total. The molecule has 2 heterocycles. The summed E-state index contributed by atoms with van der Waals surface area (Å²) in [4.78, 5) is 17.5. The van der Waals surface area contributed by atoms with E-state index in [1.54, 1.807) is 6.20 Å². The number of hydrogen-bond acceptors (Lipinski definition) is 3. The monoisotopic (exact) mass is 234 g/mol. The Balaban J connectivity index is 2.11. The minimum Gasteiger partial charge on any atom is -0.481 e. The quantitative estimate of drug-likeness (QED) is 0.866. The number of pyridine rings is 1. The molecule has 1 aliphatic rings. The van der Waals surface area contributed by atoms with Crippen molar-refractivity contribution in [1.29, 1.82) is 0 Å². The zero-order chi connectivity index (χ0) is 12.5. The molecule has 0 bridgehead atoms. The zero-order valence-electron chi connectivity index (χ0n) is 10.3. The molecule has 1 N–H and O–H groups in total. The highest BCUT2D eigenvalue weighted by molar-refractivity contribution is 5.72. The third kappa shape index (κ3) is 2.31. The van der Waals surface area contributed by atoms with Crippen molar-refractivity contribution in [3.8, 4) is 0 Å². The Labute approximate surface area is 101 Å². The van der Waals surface area contributed by atoms with Gasteiger partial charge in [0.25, 0.3) is 0 Å². The van der Waals surface area contributed by atoms with Crippen molar-refractivity contribution in [2.24, 2.45) is 5.92 Å². The van der Waals surface area contributed by atoms with E-state index in [-0.39, 0.29) is 11.5 Å². The fourth-order valence-electron chi connectivity index (χ4n) is 2.57. The number of carboxylic acid groups (broad SMARTS) is 1. The normalized spacial score (nSPS) is 23.8. The van der Waals surface area contributed by atoms with Crippen molar-refractivity contribution in [2.45, 2.75) is 32.4 Å². The molecule has 4 heteroatoms. The van der Waals surface area contributed by atoms with E-state index in [9.17, 15) is 9.90 Å². The molecule has 0 aromatic carbocycles. The van der Waals surface area contributed by atoms with E-state index in [2.05, 4.69) is 9.88 Å². The molecule has 1 fully saturated rings. The minimum absolute atomic E-state index is 0.279.